The van der Waals surface area contributed by atoms with Crippen molar-refractivity contribution in [3.05, 3.63) is 89.3 Å². The molecule has 1 amide bonds. The number of halogens is 1. The van der Waals surface area contributed by atoms with Crippen molar-refractivity contribution >= 4 is 42.6 Å². The van der Waals surface area contributed by atoms with Gasteiger partial charge in [0.25, 0.3) is 5.91 Å². The second-order valence-corrected chi connectivity index (χ2v) is 10.8. The first-order valence-corrected chi connectivity index (χ1v) is 12.8. The van der Waals surface area contributed by atoms with E-state index in [2.05, 4.69) is 15.9 Å². The van der Waals surface area contributed by atoms with Gasteiger partial charge in [0.15, 0.2) is 0 Å². The highest BCUT2D eigenvalue weighted by atomic mass is 79.9. The minimum absolute atomic E-state index is 0.0953. The number of amides is 1. The van der Waals surface area contributed by atoms with E-state index in [1.807, 2.05) is 42.5 Å². The summed E-state index contributed by atoms with van der Waals surface area (Å²) in [7, 11) is -3.63. The lowest BCUT2D eigenvalue weighted by Gasteiger charge is -2.34. The highest BCUT2D eigenvalue weighted by Crippen LogP contribution is 2.26. The molecule has 0 unspecified atom stereocenters. The third kappa shape index (κ3) is 4.34. The third-order valence-electron chi connectivity index (χ3n) is 5.92. The van der Waals surface area contributed by atoms with Gasteiger partial charge >= 0.3 is 0 Å². The molecule has 5 rings (SSSR count). The Morgan fingerprint density at radius 2 is 1.52 bits per heavy atom. The maximum absolute atomic E-state index is 13.2. The number of nitrogens with zero attached hydrogens (tertiary/aromatic N) is 2. The number of sulfonamides is 1. The Hall–Kier alpha value is -2.94. The van der Waals surface area contributed by atoms with Gasteiger partial charge < -0.3 is 9.32 Å². The Balaban J connectivity index is 1.27. The standard InChI is InChI=1S/C25H21BrN2O4S/c26-23-7-5-21-16-24(8-6-20(21)15-23)33(30,31)28-12-10-27(11-13-28)25(29)19-3-1-18(2-4-19)22-9-14-32-17-22/h1-9,14-17H,10-13H2. The lowest BCUT2D eigenvalue weighted by Crippen LogP contribution is -2.50. The predicted molar refractivity (Wildman–Crippen MR) is 130 cm³/mol. The number of piperazine rings is 1. The fraction of sp³-hybridized carbons (Fsp3) is 0.160. The summed E-state index contributed by atoms with van der Waals surface area (Å²) in [5.41, 5.74) is 2.51. The highest BCUT2D eigenvalue weighted by molar-refractivity contribution is 9.10. The van der Waals surface area contributed by atoms with Crippen molar-refractivity contribution in [3.63, 3.8) is 0 Å². The van der Waals surface area contributed by atoms with E-state index in [4.69, 9.17) is 4.42 Å². The minimum atomic E-state index is -3.63. The fourth-order valence-corrected chi connectivity index (χ4v) is 5.89. The van der Waals surface area contributed by atoms with Gasteiger partial charge in [-0.05, 0) is 58.8 Å². The molecule has 1 aliphatic heterocycles. The zero-order valence-corrected chi connectivity index (χ0v) is 20.1. The molecular formula is C25H21BrN2O4S. The average molecular weight is 525 g/mol. The Morgan fingerprint density at radius 3 is 2.21 bits per heavy atom. The summed E-state index contributed by atoms with van der Waals surface area (Å²) in [5.74, 6) is -0.0953. The van der Waals surface area contributed by atoms with Gasteiger partial charge in [0.2, 0.25) is 10.0 Å². The molecule has 0 N–H and O–H groups in total. The Kier molecular flexibility index (Phi) is 5.82. The molecule has 0 bridgehead atoms. The number of furan rings is 1. The Morgan fingerprint density at radius 1 is 0.818 bits per heavy atom. The van der Waals surface area contributed by atoms with Crippen molar-refractivity contribution in [2.24, 2.45) is 0 Å². The molecule has 8 heteroatoms. The van der Waals surface area contributed by atoms with Gasteiger partial charge in [-0.25, -0.2) is 8.42 Å². The van der Waals surface area contributed by atoms with Crippen LogP contribution in [0.2, 0.25) is 0 Å². The molecule has 0 radical (unpaired) electrons. The molecule has 1 fully saturated rings. The van der Waals surface area contributed by atoms with Crippen LogP contribution in [-0.4, -0.2) is 49.7 Å². The molecule has 0 spiro atoms. The maximum Gasteiger partial charge on any atom is 0.253 e. The van der Waals surface area contributed by atoms with E-state index >= 15 is 0 Å². The van der Waals surface area contributed by atoms with Gasteiger partial charge in [-0.3, -0.25) is 4.79 Å². The second-order valence-electron chi connectivity index (χ2n) is 7.94. The number of benzene rings is 3. The van der Waals surface area contributed by atoms with Crippen LogP contribution < -0.4 is 0 Å². The lowest BCUT2D eigenvalue weighted by atomic mass is 10.1. The van der Waals surface area contributed by atoms with Crippen molar-refractivity contribution < 1.29 is 17.6 Å². The molecule has 0 atom stereocenters. The number of rotatable bonds is 4. The van der Waals surface area contributed by atoms with Crippen molar-refractivity contribution in [3.8, 4) is 11.1 Å². The zero-order chi connectivity index (χ0) is 23.0. The SMILES string of the molecule is O=C(c1ccc(-c2ccoc2)cc1)N1CCN(S(=O)(=O)c2ccc3cc(Br)ccc3c2)CC1. The Labute approximate surface area is 200 Å². The van der Waals surface area contributed by atoms with E-state index < -0.39 is 10.0 Å². The molecule has 33 heavy (non-hydrogen) atoms. The fourth-order valence-electron chi connectivity index (χ4n) is 4.05. The first kappa shape index (κ1) is 21.9. The van der Waals surface area contributed by atoms with Crippen LogP contribution in [0.25, 0.3) is 21.9 Å². The van der Waals surface area contributed by atoms with Crippen molar-refractivity contribution in [1.82, 2.24) is 9.21 Å². The summed E-state index contributed by atoms with van der Waals surface area (Å²) in [5, 5.41) is 1.84. The summed E-state index contributed by atoms with van der Waals surface area (Å²) >= 11 is 3.44. The molecule has 168 valence electrons. The first-order valence-electron chi connectivity index (χ1n) is 10.5. The lowest BCUT2D eigenvalue weighted by molar-refractivity contribution is 0.0698. The number of fused-ring (bicyclic) bond motifs is 1. The van der Waals surface area contributed by atoms with Gasteiger partial charge in [-0.2, -0.15) is 4.31 Å². The normalized spacial score (nSPS) is 15.1. The average Bonchev–Trinajstić information content (AvgIpc) is 3.38. The zero-order valence-electron chi connectivity index (χ0n) is 17.6. The molecule has 1 aromatic heterocycles. The van der Waals surface area contributed by atoms with Crippen LogP contribution in [0.1, 0.15) is 10.4 Å². The van der Waals surface area contributed by atoms with Crippen LogP contribution in [0.4, 0.5) is 0 Å². The first-order chi connectivity index (χ1) is 15.9. The van der Waals surface area contributed by atoms with E-state index in [1.54, 1.807) is 41.7 Å². The van der Waals surface area contributed by atoms with E-state index in [-0.39, 0.29) is 23.9 Å². The second kappa shape index (κ2) is 8.78. The van der Waals surface area contributed by atoms with Crippen LogP contribution in [0.3, 0.4) is 0 Å². The van der Waals surface area contributed by atoms with Gasteiger partial charge in [0.1, 0.15) is 0 Å². The summed E-state index contributed by atoms with van der Waals surface area (Å²) in [6, 6.07) is 20.1. The van der Waals surface area contributed by atoms with E-state index in [1.165, 1.54) is 4.31 Å². The van der Waals surface area contributed by atoms with Crippen LogP contribution in [0, 0.1) is 0 Å². The van der Waals surface area contributed by atoms with Gasteiger partial charge in [-0.15, -0.1) is 0 Å². The highest BCUT2D eigenvalue weighted by Gasteiger charge is 2.30. The number of carbonyl (C=O) groups is 1. The molecule has 4 aromatic rings. The van der Waals surface area contributed by atoms with Crippen molar-refractivity contribution in [2.75, 3.05) is 26.2 Å². The molecule has 6 nitrogen and oxygen atoms in total. The molecule has 0 aliphatic carbocycles. The quantitative estimate of drug-likeness (QED) is 0.376. The summed E-state index contributed by atoms with van der Waals surface area (Å²) in [6.07, 6.45) is 3.27. The van der Waals surface area contributed by atoms with Crippen LogP contribution >= 0.6 is 15.9 Å². The molecular weight excluding hydrogens is 504 g/mol. The van der Waals surface area contributed by atoms with E-state index in [0.717, 1.165) is 26.4 Å². The maximum atomic E-state index is 13.2. The number of hydrogen-bond donors (Lipinski definition) is 0. The van der Waals surface area contributed by atoms with Gasteiger partial charge in [-0.1, -0.05) is 40.2 Å². The van der Waals surface area contributed by atoms with Crippen molar-refractivity contribution in [1.29, 1.82) is 0 Å². The molecule has 0 saturated carbocycles. The van der Waals surface area contributed by atoms with Crippen molar-refractivity contribution in [2.45, 2.75) is 4.90 Å². The molecule has 2 heterocycles. The van der Waals surface area contributed by atoms with Gasteiger partial charge in [0, 0.05) is 41.8 Å². The molecule has 3 aromatic carbocycles. The topological polar surface area (TPSA) is 70.8 Å². The van der Waals surface area contributed by atoms with Crippen LogP contribution in [-0.2, 0) is 10.0 Å². The van der Waals surface area contributed by atoms with Gasteiger partial charge in [0.05, 0.1) is 17.4 Å². The largest absolute Gasteiger partial charge is 0.472 e. The van der Waals surface area contributed by atoms with Crippen LogP contribution in [0.5, 0.6) is 0 Å². The smallest absolute Gasteiger partial charge is 0.253 e. The number of carbonyl (C=O) groups excluding carboxylic acids is 1. The monoisotopic (exact) mass is 524 g/mol. The summed E-state index contributed by atoms with van der Waals surface area (Å²) in [4.78, 5) is 14.9. The molecule has 1 saturated heterocycles. The molecule has 1 aliphatic rings. The van der Waals surface area contributed by atoms with E-state index in [0.29, 0.717) is 18.7 Å². The minimum Gasteiger partial charge on any atom is -0.472 e. The van der Waals surface area contributed by atoms with Crippen LogP contribution in [0.15, 0.2) is 93.0 Å². The predicted octanol–water partition coefficient (Wildman–Crippen LogP) is 5.01. The number of hydrogen-bond acceptors (Lipinski definition) is 4. The summed E-state index contributed by atoms with van der Waals surface area (Å²) < 4.78 is 33.9. The summed E-state index contributed by atoms with van der Waals surface area (Å²) in [6.45, 7) is 1.23. The van der Waals surface area contributed by atoms with E-state index in [9.17, 15) is 13.2 Å². The Bertz CT molecular complexity index is 1410. The third-order valence-corrected chi connectivity index (χ3v) is 8.31.